The number of aromatic nitrogens is 3. The number of nitrogens with one attached hydrogen (secondary N) is 2. The molecule has 0 spiro atoms. The van der Waals surface area contributed by atoms with E-state index in [-0.39, 0.29) is 0 Å². The van der Waals surface area contributed by atoms with Gasteiger partial charge in [0.15, 0.2) is 11.6 Å². The summed E-state index contributed by atoms with van der Waals surface area (Å²) in [7, 11) is 0. The third-order valence-corrected chi connectivity index (χ3v) is 6.50. The van der Waals surface area contributed by atoms with Crippen LogP contribution in [0.4, 0.5) is 0 Å². The number of piperidine rings is 1. The van der Waals surface area contributed by atoms with Crippen molar-refractivity contribution in [2.75, 3.05) is 32.7 Å². The van der Waals surface area contributed by atoms with Crippen molar-refractivity contribution in [3.05, 3.63) is 30.2 Å². The minimum absolute atomic E-state index is 0.513. The van der Waals surface area contributed by atoms with Crippen molar-refractivity contribution in [1.29, 1.82) is 0 Å². The molecule has 0 bridgehead atoms. The largest absolute Gasteiger partial charge is 0.357 e. The topological polar surface area (TPSA) is 69.8 Å². The van der Waals surface area contributed by atoms with E-state index in [1.165, 1.54) is 64.6 Å². The van der Waals surface area contributed by atoms with E-state index in [1.54, 1.807) is 0 Å². The summed E-state index contributed by atoms with van der Waals surface area (Å²) in [5, 5.41) is 15.6. The van der Waals surface area contributed by atoms with Gasteiger partial charge in [0.05, 0.1) is 0 Å². The van der Waals surface area contributed by atoms with E-state index < -0.39 is 0 Å². The van der Waals surface area contributed by atoms with Crippen LogP contribution in [0.2, 0.25) is 0 Å². The van der Waals surface area contributed by atoms with Gasteiger partial charge in [-0.25, -0.2) is 0 Å². The van der Waals surface area contributed by atoms with Crippen LogP contribution in [0, 0.1) is 5.92 Å². The Bertz CT molecular complexity index is 801. The Kier molecular flexibility index (Phi) is 7.56. The first-order valence-electron chi connectivity index (χ1n) is 11.9. The van der Waals surface area contributed by atoms with Crippen molar-refractivity contribution in [3.8, 4) is 0 Å². The Hall–Kier alpha value is -2.15. The van der Waals surface area contributed by atoms with Crippen LogP contribution in [0.5, 0.6) is 0 Å². The average molecular weight is 412 g/mol. The van der Waals surface area contributed by atoms with Crippen LogP contribution in [0.25, 0.3) is 5.65 Å². The van der Waals surface area contributed by atoms with Gasteiger partial charge in [-0.05, 0) is 50.7 Å². The molecule has 0 radical (unpaired) electrons. The number of nitrogens with zero attached hydrogens (tertiary/aromatic N) is 5. The van der Waals surface area contributed by atoms with Crippen LogP contribution in [0.1, 0.15) is 57.7 Å². The lowest BCUT2D eigenvalue weighted by Crippen LogP contribution is -2.49. The first-order chi connectivity index (χ1) is 14.8. The summed E-state index contributed by atoms with van der Waals surface area (Å²) in [5.74, 6) is 2.83. The molecule has 1 saturated heterocycles. The van der Waals surface area contributed by atoms with Crippen molar-refractivity contribution in [2.24, 2.45) is 10.9 Å². The molecule has 4 rings (SSSR count). The lowest BCUT2D eigenvalue weighted by atomic mass is 9.88. The number of rotatable bonds is 7. The summed E-state index contributed by atoms with van der Waals surface area (Å²) in [6.45, 7) is 7.42. The number of hydrogen-bond donors (Lipinski definition) is 2. The van der Waals surface area contributed by atoms with Gasteiger partial charge in [0.2, 0.25) is 0 Å². The third-order valence-electron chi connectivity index (χ3n) is 6.50. The normalized spacial score (nSPS) is 20.0. The summed E-state index contributed by atoms with van der Waals surface area (Å²) in [6, 6.07) is 6.49. The van der Waals surface area contributed by atoms with E-state index in [2.05, 4.69) is 32.7 Å². The molecule has 7 nitrogen and oxygen atoms in total. The highest BCUT2D eigenvalue weighted by molar-refractivity contribution is 5.80. The fourth-order valence-corrected chi connectivity index (χ4v) is 4.84. The van der Waals surface area contributed by atoms with Gasteiger partial charge in [-0.3, -0.25) is 9.39 Å². The highest BCUT2D eigenvalue weighted by Gasteiger charge is 2.23. The molecule has 2 aromatic rings. The van der Waals surface area contributed by atoms with Crippen LogP contribution in [-0.4, -0.2) is 64.2 Å². The average Bonchev–Trinajstić information content (AvgIpc) is 3.19. The Morgan fingerprint density at radius 3 is 2.73 bits per heavy atom. The molecule has 2 aliphatic rings. The van der Waals surface area contributed by atoms with Gasteiger partial charge in [0.25, 0.3) is 0 Å². The second-order valence-corrected chi connectivity index (χ2v) is 8.78. The van der Waals surface area contributed by atoms with Gasteiger partial charge in [-0.1, -0.05) is 25.3 Å². The van der Waals surface area contributed by atoms with Gasteiger partial charge < -0.3 is 15.5 Å². The highest BCUT2D eigenvalue weighted by atomic mass is 15.2. The van der Waals surface area contributed by atoms with Gasteiger partial charge in [0.1, 0.15) is 5.82 Å². The number of fused-ring (bicyclic) bond motifs is 1. The molecule has 3 heterocycles. The standard InChI is InChI=1S/C23H37N7/c1-2-24-23(25-14-11-22-28-27-21-10-6-7-15-30(21)22)26-20-12-16-29(17-13-20)18-19-8-4-3-5-9-19/h6-7,10,15,19-20H,2-5,8-9,11-14,16-18H2,1H3,(H2,24,25,26). The summed E-state index contributed by atoms with van der Waals surface area (Å²) in [4.78, 5) is 7.49. The number of aliphatic imine (C=N–C) groups is 1. The Morgan fingerprint density at radius 2 is 1.93 bits per heavy atom. The Morgan fingerprint density at radius 1 is 1.10 bits per heavy atom. The van der Waals surface area contributed by atoms with Crippen LogP contribution in [0.15, 0.2) is 29.4 Å². The van der Waals surface area contributed by atoms with Gasteiger partial charge in [-0.15, -0.1) is 10.2 Å². The SMILES string of the molecule is CCNC(=NCCc1nnc2ccccn12)NC1CCN(CC2CCCCC2)CC1. The molecule has 0 atom stereocenters. The van der Waals surface area contributed by atoms with Crippen LogP contribution >= 0.6 is 0 Å². The van der Waals surface area contributed by atoms with Crippen molar-refractivity contribution >= 4 is 11.6 Å². The fourth-order valence-electron chi connectivity index (χ4n) is 4.84. The molecular weight excluding hydrogens is 374 g/mol. The van der Waals surface area contributed by atoms with E-state index in [0.717, 1.165) is 36.3 Å². The molecule has 7 heteroatoms. The minimum Gasteiger partial charge on any atom is -0.357 e. The van der Waals surface area contributed by atoms with E-state index >= 15 is 0 Å². The van der Waals surface area contributed by atoms with Crippen molar-refractivity contribution in [3.63, 3.8) is 0 Å². The number of hydrogen-bond acceptors (Lipinski definition) is 4. The Balaban J connectivity index is 1.24. The van der Waals surface area contributed by atoms with E-state index in [9.17, 15) is 0 Å². The van der Waals surface area contributed by atoms with E-state index in [1.807, 2.05) is 28.8 Å². The maximum absolute atomic E-state index is 4.80. The molecule has 2 aromatic heterocycles. The van der Waals surface area contributed by atoms with Crippen molar-refractivity contribution in [2.45, 2.75) is 64.3 Å². The predicted octanol–water partition coefficient (Wildman–Crippen LogP) is 2.87. The molecule has 2 N–H and O–H groups in total. The van der Waals surface area contributed by atoms with Crippen molar-refractivity contribution in [1.82, 2.24) is 30.1 Å². The zero-order valence-electron chi connectivity index (χ0n) is 18.4. The lowest BCUT2D eigenvalue weighted by Gasteiger charge is -2.36. The monoisotopic (exact) mass is 411 g/mol. The quantitative estimate of drug-likeness (QED) is 0.542. The lowest BCUT2D eigenvalue weighted by molar-refractivity contribution is 0.160. The predicted molar refractivity (Wildman–Crippen MR) is 122 cm³/mol. The zero-order valence-corrected chi connectivity index (χ0v) is 18.4. The first-order valence-corrected chi connectivity index (χ1v) is 11.9. The number of pyridine rings is 1. The maximum atomic E-state index is 4.80. The third kappa shape index (κ3) is 5.72. The smallest absolute Gasteiger partial charge is 0.191 e. The van der Waals surface area contributed by atoms with E-state index in [0.29, 0.717) is 12.6 Å². The second kappa shape index (κ2) is 10.8. The molecule has 0 unspecified atom stereocenters. The number of likely N-dealkylation sites (tertiary alicyclic amines) is 1. The van der Waals surface area contributed by atoms with Crippen LogP contribution < -0.4 is 10.6 Å². The minimum atomic E-state index is 0.513. The van der Waals surface area contributed by atoms with E-state index in [4.69, 9.17) is 4.99 Å². The summed E-state index contributed by atoms with van der Waals surface area (Å²) in [6.07, 6.45) is 12.4. The summed E-state index contributed by atoms with van der Waals surface area (Å²) >= 11 is 0. The molecule has 1 aliphatic carbocycles. The first kappa shape index (κ1) is 21.1. The Labute approximate surface area is 180 Å². The van der Waals surface area contributed by atoms with Crippen LogP contribution in [-0.2, 0) is 6.42 Å². The molecule has 30 heavy (non-hydrogen) atoms. The maximum Gasteiger partial charge on any atom is 0.191 e. The molecule has 1 saturated carbocycles. The van der Waals surface area contributed by atoms with Crippen molar-refractivity contribution < 1.29 is 0 Å². The van der Waals surface area contributed by atoms with Gasteiger partial charge >= 0.3 is 0 Å². The fraction of sp³-hybridized carbons (Fsp3) is 0.696. The number of guanidine groups is 1. The van der Waals surface area contributed by atoms with Crippen LogP contribution in [0.3, 0.4) is 0 Å². The summed E-state index contributed by atoms with van der Waals surface area (Å²) < 4.78 is 2.04. The summed E-state index contributed by atoms with van der Waals surface area (Å²) in [5.41, 5.74) is 0.890. The molecule has 0 aromatic carbocycles. The zero-order chi connectivity index (χ0) is 20.6. The van der Waals surface area contributed by atoms with Gasteiger partial charge in [0, 0.05) is 51.4 Å². The molecule has 164 valence electrons. The van der Waals surface area contributed by atoms with Gasteiger partial charge in [-0.2, -0.15) is 0 Å². The molecule has 1 aliphatic heterocycles. The highest BCUT2D eigenvalue weighted by Crippen LogP contribution is 2.25. The molecule has 2 fully saturated rings. The molecule has 0 amide bonds. The molecular formula is C23H37N7. The second-order valence-electron chi connectivity index (χ2n) is 8.78.